The number of piperidine rings is 1. The van der Waals surface area contributed by atoms with Crippen LogP contribution in [0.3, 0.4) is 0 Å². The topological polar surface area (TPSA) is 66.6 Å². The number of rotatable bonds is 5. The second-order valence-electron chi connectivity index (χ2n) is 7.80. The SMILES string of the molecule is CC(=O)N1CCC(CCC(=O)N2C[C@@H](CN)[C@H](c3ccccc3)C2)CC1. The number of benzene rings is 1. The van der Waals surface area contributed by atoms with Gasteiger partial charge in [-0.05, 0) is 43.2 Å². The molecule has 0 saturated carbocycles. The molecule has 2 atom stereocenters. The van der Waals surface area contributed by atoms with Crippen molar-refractivity contribution in [2.24, 2.45) is 17.6 Å². The fraction of sp³-hybridized carbons (Fsp3) is 0.619. The van der Waals surface area contributed by atoms with Crippen LogP contribution in [0.4, 0.5) is 0 Å². The van der Waals surface area contributed by atoms with E-state index in [2.05, 4.69) is 24.3 Å². The highest BCUT2D eigenvalue weighted by Crippen LogP contribution is 2.33. The first-order valence-electron chi connectivity index (χ1n) is 9.86. The van der Waals surface area contributed by atoms with Crippen LogP contribution in [0.2, 0.25) is 0 Å². The van der Waals surface area contributed by atoms with Gasteiger partial charge in [0.25, 0.3) is 0 Å². The average Bonchev–Trinajstić information content (AvgIpc) is 3.11. The second kappa shape index (κ2) is 8.67. The van der Waals surface area contributed by atoms with Gasteiger partial charge in [0.2, 0.25) is 11.8 Å². The molecule has 0 unspecified atom stereocenters. The Morgan fingerprint density at radius 2 is 1.77 bits per heavy atom. The van der Waals surface area contributed by atoms with E-state index in [1.54, 1.807) is 6.92 Å². The number of carbonyl (C=O) groups excluding carboxylic acids is 2. The van der Waals surface area contributed by atoms with Crippen LogP contribution in [0.15, 0.2) is 30.3 Å². The summed E-state index contributed by atoms with van der Waals surface area (Å²) in [4.78, 5) is 28.1. The third-order valence-electron chi connectivity index (χ3n) is 6.15. The molecule has 2 heterocycles. The normalized spacial score (nSPS) is 24.1. The molecule has 2 saturated heterocycles. The van der Waals surface area contributed by atoms with Crippen LogP contribution >= 0.6 is 0 Å². The fourth-order valence-electron chi connectivity index (χ4n) is 4.41. The highest BCUT2D eigenvalue weighted by molar-refractivity contribution is 5.76. The summed E-state index contributed by atoms with van der Waals surface area (Å²) < 4.78 is 0. The maximum Gasteiger partial charge on any atom is 0.222 e. The van der Waals surface area contributed by atoms with E-state index in [0.717, 1.165) is 45.4 Å². The minimum absolute atomic E-state index is 0.163. The van der Waals surface area contributed by atoms with Crippen LogP contribution in [0.5, 0.6) is 0 Å². The molecule has 1 aromatic rings. The van der Waals surface area contributed by atoms with Crippen LogP contribution < -0.4 is 5.73 Å². The minimum Gasteiger partial charge on any atom is -0.343 e. The largest absolute Gasteiger partial charge is 0.343 e. The Hall–Kier alpha value is -1.88. The first kappa shape index (κ1) is 18.9. The molecule has 2 aliphatic rings. The molecule has 0 aromatic heterocycles. The van der Waals surface area contributed by atoms with Gasteiger partial charge in [-0.15, -0.1) is 0 Å². The highest BCUT2D eigenvalue weighted by Gasteiger charge is 2.35. The van der Waals surface area contributed by atoms with Gasteiger partial charge >= 0.3 is 0 Å². The summed E-state index contributed by atoms with van der Waals surface area (Å²) in [6.07, 6.45) is 3.59. The van der Waals surface area contributed by atoms with Gasteiger partial charge in [0.15, 0.2) is 0 Å². The number of nitrogens with zero attached hydrogens (tertiary/aromatic N) is 2. The molecule has 1 aromatic carbocycles. The quantitative estimate of drug-likeness (QED) is 0.879. The van der Waals surface area contributed by atoms with Gasteiger partial charge in [0.05, 0.1) is 0 Å². The molecule has 3 rings (SSSR count). The van der Waals surface area contributed by atoms with Crippen molar-refractivity contribution in [3.8, 4) is 0 Å². The summed E-state index contributed by atoms with van der Waals surface area (Å²) in [6.45, 7) is 5.48. The molecule has 0 radical (unpaired) electrons. The fourth-order valence-corrected chi connectivity index (χ4v) is 4.41. The zero-order valence-electron chi connectivity index (χ0n) is 15.8. The first-order chi connectivity index (χ1) is 12.6. The van der Waals surface area contributed by atoms with E-state index in [4.69, 9.17) is 5.73 Å². The molecule has 2 fully saturated rings. The lowest BCUT2D eigenvalue weighted by Crippen LogP contribution is -2.37. The van der Waals surface area contributed by atoms with Crippen LogP contribution in [-0.4, -0.2) is 54.3 Å². The Labute approximate surface area is 156 Å². The number of amides is 2. The zero-order valence-corrected chi connectivity index (χ0v) is 15.8. The van der Waals surface area contributed by atoms with Crippen molar-refractivity contribution in [1.82, 2.24) is 9.80 Å². The maximum absolute atomic E-state index is 12.7. The van der Waals surface area contributed by atoms with Crippen molar-refractivity contribution < 1.29 is 9.59 Å². The molecule has 0 bridgehead atoms. The van der Waals surface area contributed by atoms with E-state index in [1.165, 1.54) is 5.56 Å². The van der Waals surface area contributed by atoms with Gasteiger partial charge in [-0.1, -0.05) is 30.3 Å². The molecule has 26 heavy (non-hydrogen) atoms. The average molecular weight is 357 g/mol. The summed E-state index contributed by atoms with van der Waals surface area (Å²) in [5, 5.41) is 0. The molecule has 2 N–H and O–H groups in total. The Morgan fingerprint density at radius 3 is 2.38 bits per heavy atom. The second-order valence-corrected chi connectivity index (χ2v) is 7.80. The summed E-state index contributed by atoms with van der Waals surface area (Å²) in [5.74, 6) is 1.68. The maximum atomic E-state index is 12.7. The summed E-state index contributed by atoms with van der Waals surface area (Å²) in [6, 6.07) is 10.4. The Balaban J connectivity index is 1.49. The molecular weight excluding hydrogens is 326 g/mol. The van der Waals surface area contributed by atoms with Gasteiger partial charge in [-0.2, -0.15) is 0 Å². The highest BCUT2D eigenvalue weighted by atomic mass is 16.2. The number of likely N-dealkylation sites (tertiary alicyclic amines) is 2. The number of hydrogen-bond acceptors (Lipinski definition) is 3. The van der Waals surface area contributed by atoms with E-state index in [9.17, 15) is 9.59 Å². The molecular formula is C21H31N3O2. The monoisotopic (exact) mass is 357 g/mol. The first-order valence-corrected chi connectivity index (χ1v) is 9.86. The van der Waals surface area contributed by atoms with Crippen molar-refractivity contribution in [3.63, 3.8) is 0 Å². The molecule has 5 nitrogen and oxygen atoms in total. The van der Waals surface area contributed by atoms with Gasteiger partial charge in [-0.3, -0.25) is 9.59 Å². The Kier molecular flexibility index (Phi) is 6.30. The molecule has 0 spiro atoms. The van der Waals surface area contributed by atoms with Crippen molar-refractivity contribution in [2.45, 2.75) is 38.5 Å². The van der Waals surface area contributed by atoms with Gasteiger partial charge < -0.3 is 15.5 Å². The lowest BCUT2D eigenvalue weighted by atomic mass is 9.89. The standard InChI is InChI=1S/C21H31N3O2/c1-16(25)23-11-9-17(10-12-23)7-8-21(26)24-14-19(13-22)20(15-24)18-5-3-2-4-6-18/h2-6,17,19-20H,7-15,22H2,1H3/t19-,20+/m1/s1. The predicted molar refractivity (Wildman–Crippen MR) is 103 cm³/mol. The van der Waals surface area contributed by atoms with Gasteiger partial charge in [0.1, 0.15) is 0 Å². The predicted octanol–water partition coefficient (Wildman–Crippen LogP) is 2.23. The number of carbonyl (C=O) groups is 2. The third kappa shape index (κ3) is 4.44. The van der Waals surface area contributed by atoms with Crippen LogP contribution in [0.1, 0.15) is 44.1 Å². The lowest BCUT2D eigenvalue weighted by Gasteiger charge is -2.31. The summed E-state index contributed by atoms with van der Waals surface area (Å²) in [5.41, 5.74) is 7.27. The van der Waals surface area contributed by atoms with Crippen molar-refractivity contribution >= 4 is 11.8 Å². The Bertz CT molecular complexity index is 611. The van der Waals surface area contributed by atoms with Crippen LogP contribution in [0, 0.1) is 11.8 Å². The van der Waals surface area contributed by atoms with Crippen molar-refractivity contribution in [1.29, 1.82) is 0 Å². The van der Waals surface area contributed by atoms with Crippen molar-refractivity contribution in [2.75, 3.05) is 32.7 Å². The van der Waals surface area contributed by atoms with E-state index >= 15 is 0 Å². The lowest BCUT2D eigenvalue weighted by molar-refractivity contribution is -0.132. The zero-order chi connectivity index (χ0) is 18.5. The van der Waals surface area contributed by atoms with Gasteiger partial charge in [0, 0.05) is 45.4 Å². The van der Waals surface area contributed by atoms with Crippen molar-refractivity contribution in [3.05, 3.63) is 35.9 Å². The molecule has 2 amide bonds. The third-order valence-corrected chi connectivity index (χ3v) is 6.15. The number of hydrogen-bond donors (Lipinski definition) is 1. The van der Waals surface area contributed by atoms with E-state index < -0.39 is 0 Å². The van der Waals surface area contributed by atoms with E-state index in [0.29, 0.717) is 30.7 Å². The molecule has 2 aliphatic heterocycles. The van der Waals surface area contributed by atoms with Crippen LogP contribution in [0.25, 0.3) is 0 Å². The summed E-state index contributed by atoms with van der Waals surface area (Å²) in [7, 11) is 0. The molecule has 5 heteroatoms. The Morgan fingerprint density at radius 1 is 1.08 bits per heavy atom. The molecule has 0 aliphatic carbocycles. The molecule has 142 valence electrons. The summed E-state index contributed by atoms with van der Waals surface area (Å²) >= 11 is 0. The minimum atomic E-state index is 0.163. The number of nitrogens with two attached hydrogens (primary N) is 1. The van der Waals surface area contributed by atoms with E-state index in [-0.39, 0.29) is 11.8 Å². The van der Waals surface area contributed by atoms with Crippen LogP contribution in [-0.2, 0) is 9.59 Å². The van der Waals surface area contributed by atoms with Gasteiger partial charge in [-0.25, -0.2) is 0 Å². The smallest absolute Gasteiger partial charge is 0.222 e. The van der Waals surface area contributed by atoms with E-state index in [1.807, 2.05) is 15.9 Å².